The maximum atomic E-state index is 14.1. The predicted molar refractivity (Wildman–Crippen MR) is 116 cm³/mol. The van der Waals surface area contributed by atoms with Gasteiger partial charge in [-0.15, -0.1) is 0 Å². The Morgan fingerprint density at radius 3 is 2.53 bits per heavy atom. The van der Waals surface area contributed by atoms with Gasteiger partial charge in [-0.3, -0.25) is 9.36 Å². The van der Waals surface area contributed by atoms with Crippen LogP contribution in [-0.2, 0) is 5.75 Å². The number of thioether (sulfide) groups is 1. The van der Waals surface area contributed by atoms with Crippen molar-refractivity contribution in [3.8, 4) is 17.2 Å². The Kier molecular flexibility index (Phi) is 5.72. The first-order valence-corrected chi connectivity index (χ1v) is 10.2. The fourth-order valence-electron chi connectivity index (χ4n) is 3.15. The van der Waals surface area contributed by atoms with E-state index in [1.165, 1.54) is 29.5 Å². The van der Waals surface area contributed by atoms with Crippen molar-refractivity contribution in [2.24, 2.45) is 0 Å². The number of benzene rings is 3. The third kappa shape index (κ3) is 3.76. The zero-order valence-corrected chi connectivity index (χ0v) is 17.3. The van der Waals surface area contributed by atoms with Gasteiger partial charge in [-0.05, 0) is 35.9 Å². The van der Waals surface area contributed by atoms with Crippen LogP contribution in [0.5, 0.6) is 11.5 Å². The van der Waals surface area contributed by atoms with E-state index < -0.39 is 0 Å². The van der Waals surface area contributed by atoms with Gasteiger partial charge in [-0.1, -0.05) is 42.1 Å². The van der Waals surface area contributed by atoms with E-state index in [4.69, 9.17) is 14.5 Å². The highest BCUT2D eigenvalue weighted by atomic mass is 32.2. The van der Waals surface area contributed by atoms with E-state index in [0.717, 1.165) is 0 Å². The number of fused-ring (bicyclic) bond motifs is 1. The second-order valence-corrected chi connectivity index (χ2v) is 7.41. The van der Waals surface area contributed by atoms with Gasteiger partial charge in [0.2, 0.25) is 0 Å². The average Bonchev–Trinajstić information content (AvgIpc) is 2.78. The molecule has 0 amide bonds. The van der Waals surface area contributed by atoms with Crippen LogP contribution in [0.4, 0.5) is 4.39 Å². The average molecular weight is 422 g/mol. The summed E-state index contributed by atoms with van der Waals surface area (Å²) < 4.78 is 26.4. The van der Waals surface area contributed by atoms with E-state index in [-0.39, 0.29) is 11.4 Å². The standard InChI is InChI=1S/C23H19FN2O3S/c1-28-16-11-12-20(21(13-16)29-2)26-22(27)17-8-4-6-10-19(17)25-23(26)30-14-15-7-3-5-9-18(15)24/h3-13H,14H2,1-2H3. The molecular weight excluding hydrogens is 403 g/mol. The van der Waals surface area contributed by atoms with Crippen molar-refractivity contribution in [3.63, 3.8) is 0 Å². The Morgan fingerprint density at radius 2 is 1.77 bits per heavy atom. The number of methoxy groups -OCH3 is 2. The van der Waals surface area contributed by atoms with Crippen LogP contribution < -0.4 is 15.0 Å². The summed E-state index contributed by atoms with van der Waals surface area (Å²) in [6.07, 6.45) is 0. The van der Waals surface area contributed by atoms with Crippen molar-refractivity contribution < 1.29 is 13.9 Å². The molecule has 5 nitrogen and oxygen atoms in total. The van der Waals surface area contributed by atoms with E-state index in [9.17, 15) is 9.18 Å². The van der Waals surface area contributed by atoms with E-state index in [0.29, 0.717) is 44.6 Å². The number of nitrogens with zero attached hydrogens (tertiary/aromatic N) is 2. The van der Waals surface area contributed by atoms with Crippen molar-refractivity contribution in [2.45, 2.75) is 10.9 Å². The van der Waals surface area contributed by atoms with Crippen LogP contribution in [0.25, 0.3) is 16.6 Å². The fraction of sp³-hybridized carbons (Fsp3) is 0.130. The number of hydrogen-bond acceptors (Lipinski definition) is 5. The zero-order chi connectivity index (χ0) is 21.1. The lowest BCUT2D eigenvalue weighted by Gasteiger charge is -2.16. The number of aromatic nitrogens is 2. The van der Waals surface area contributed by atoms with Gasteiger partial charge in [0.25, 0.3) is 5.56 Å². The molecule has 7 heteroatoms. The molecule has 4 rings (SSSR count). The minimum absolute atomic E-state index is 0.222. The van der Waals surface area contributed by atoms with E-state index >= 15 is 0 Å². The van der Waals surface area contributed by atoms with Crippen LogP contribution in [0.2, 0.25) is 0 Å². The van der Waals surface area contributed by atoms with Gasteiger partial charge < -0.3 is 9.47 Å². The van der Waals surface area contributed by atoms with Gasteiger partial charge in [-0.2, -0.15) is 0 Å². The highest BCUT2D eigenvalue weighted by Gasteiger charge is 2.17. The number of hydrogen-bond donors (Lipinski definition) is 0. The monoisotopic (exact) mass is 422 g/mol. The predicted octanol–water partition coefficient (Wildman–Crippen LogP) is 4.83. The van der Waals surface area contributed by atoms with Gasteiger partial charge in [0, 0.05) is 11.8 Å². The van der Waals surface area contributed by atoms with Gasteiger partial charge in [0.15, 0.2) is 5.16 Å². The van der Waals surface area contributed by atoms with Crippen LogP contribution in [0.3, 0.4) is 0 Å². The summed E-state index contributed by atoms with van der Waals surface area (Å²) in [4.78, 5) is 18.1. The smallest absolute Gasteiger partial charge is 0.266 e. The Morgan fingerprint density at radius 1 is 1.00 bits per heavy atom. The summed E-state index contributed by atoms with van der Waals surface area (Å²) in [5, 5.41) is 0.941. The van der Waals surface area contributed by atoms with Crippen molar-refractivity contribution in [1.82, 2.24) is 9.55 Å². The van der Waals surface area contributed by atoms with Crippen LogP contribution in [0.1, 0.15) is 5.56 Å². The van der Waals surface area contributed by atoms with Crippen molar-refractivity contribution >= 4 is 22.7 Å². The number of ether oxygens (including phenoxy) is 2. The summed E-state index contributed by atoms with van der Waals surface area (Å²) in [5.74, 6) is 1.12. The molecular formula is C23H19FN2O3S. The van der Waals surface area contributed by atoms with Crippen molar-refractivity contribution in [3.05, 3.63) is 88.5 Å². The Hall–Kier alpha value is -3.32. The van der Waals surface area contributed by atoms with E-state index in [2.05, 4.69) is 0 Å². The van der Waals surface area contributed by atoms with Gasteiger partial charge >= 0.3 is 0 Å². The molecule has 4 aromatic rings. The molecule has 1 aromatic heterocycles. The third-order valence-electron chi connectivity index (χ3n) is 4.69. The maximum Gasteiger partial charge on any atom is 0.266 e. The molecule has 0 N–H and O–H groups in total. The lowest BCUT2D eigenvalue weighted by atomic mass is 10.2. The van der Waals surface area contributed by atoms with E-state index in [1.54, 1.807) is 61.7 Å². The van der Waals surface area contributed by atoms with Gasteiger partial charge in [-0.25, -0.2) is 9.37 Å². The highest BCUT2D eigenvalue weighted by Crippen LogP contribution is 2.31. The van der Waals surface area contributed by atoms with E-state index in [1.807, 2.05) is 6.07 Å². The normalized spacial score (nSPS) is 10.9. The van der Waals surface area contributed by atoms with Crippen LogP contribution in [-0.4, -0.2) is 23.8 Å². The summed E-state index contributed by atoms with van der Waals surface area (Å²) in [5.41, 5.74) is 1.44. The van der Waals surface area contributed by atoms with Crippen LogP contribution in [0, 0.1) is 5.82 Å². The summed E-state index contributed by atoms with van der Waals surface area (Å²) in [6.45, 7) is 0. The number of para-hydroxylation sites is 1. The molecule has 152 valence electrons. The molecule has 0 atom stereocenters. The number of rotatable bonds is 6. The first-order chi connectivity index (χ1) is 14.6. The molecule has 0 aliphatic rings. The van der Waals surface area contributed by atoms with Gasteiger partial charge in [0.1, 0.15) is 17.3 Å². The highest BCUT2D eigenvalue weighted by molar-refractivity contribution is 7.98. The Bertz CT molecular complexity index is 1270. The van der Waals surface area contributed by atoms with Crippen molar-refractivity contribution in [1.29, 1.82) is 0 Å². The van der Waals surface area contributed by atoms with Gasteiger partial charge in [0.05, 0.1) is 30.8 Å². The molecule has 0 radical (unpaired) electrons. The third-order valence-corrected chi connectivity index (χ3v) is 5.67. The van der Waals surface area contributed by atoms with Crippen LogP contribution >= 0.6 is 11.8 Å². The zero-order valence-electron chi connectivity index (χ0n) is 16.5. The molecule has 0 aliphatic heterocycles. The maximum absolute atomic E-state index is 14.1. The summed E-state index contributed by atoms with van der Waals surface area (Å²) >= 11 is 1.29. The molecule has 0 saturated heterocycles. The van der Waals surface area contributed by atoms with Crippen molar-refractivity contribution in [2.75, 3.05) is 14.2 Å². The topological polar surface area (TPSA) is 53.4 Å². The molecule has 3 aromatic carbocycles. The molecule has 0 spiro atoms. The SMILES string of the molecule is COc1ccc(-n2c(SCc3ccccc3F)nc3ccccc3c2=O)c(OC)c1. The minimum atomic E-state index is -0.290. The Balaban J connectivity index is 1.89. The summed E-state index contributed by atoms with van der Waals surface area (Å²) in [6, 6.07) is 19.0. The number of halogens is 1. The minimum Gasteiger partial charge on any atom is -0.497 e. The first-order valence-electron chi connectivity index (χ1n) is 9.22. The molecule has 30 heavy (non-hydrogen) atoms. The first kappa shape index (κ1) is 20.0. The molecule has 0 unspecified atom stereocenters. The largest absolute Gasteiger partial charge is 0.497 e. The lowest BCUT2D eigenvalue weighted by molar-refractivity contribution is 0.392. The molecule has 1 heterocycles. The summed E-state index contributed by atoms with van der Waals surface area (Å²) in [7, 11) is 3.10. The second kappa shape index (κ2) is 8.59. The lowest BCUT2D eigenvalue weighted by Crippen LogP contribution is -2.22. The molecule has 0 bridgehead atoms. The van der Waals surface area contributed by atoms with Crippen LogP contribution in [0.15, 0.2) is 76.7 Å². The second-order valence-electron chi connectivity index (χ2n) is 6.47. The Labute approximate surface area is 177 Å². The molecule has 0 aliphatic carbocycles. The quantitative estimate of drug-likeness (QED) is 0.329. The molecule has 0 saturated carbocycles. The molecule has 0 fully saturated rings. The fourth-order valence-corrected chi connectivity index (χ4v) is 4.14.